The van der Waals surface area contributed by atoms with E-state index in [0.717, 1.165) is 5.25 Å². The molecule has 3 heteroatoms. The van der Waals surface area contributed by atoms with E-state index >= 15 is 0 Å². The van der Waals surface area contributed by atoms with E-state index in [0.29, 0.717) is 16.1 Å². The van der Waals surface area contributed by atoms with Crippen LogP contribution in [0.5, 0.6) is 0 Å². The fourth-order valence-electron chi connectivity index (χ4n) is 1.72. The summed E-state index contributed by atoms with van der Waals surface area (Å²) in [7, 11) is 0. The maximum Gasteiger partial charge on any atom is 2.00 e. The molecule has 0 spiro atoms. The molecule has 0 aromatic rings. The predicted molar refractivity (Wildman–Crippen MR) is 92.1 cm³/mol. The molecule has 0 amide bonds. The van der Waals surface area contributed by atoms with Crippen molar-refractivity contribution in [1.82, 2.24) is 0 Å². The summed E-state index contributed by atoms with van der Waals surface area (Å²) < 4.78 is 0. The van der Waals surface area contributed by atoms with Crippen LogP contribution in [-0.2, 0) is 42.1 Å². The molecule has 1 heterocycles. The fraction of sp³-hybridized carbons (Fsp3) is 0.833. The van der Waals surface area contributed by atoms with Crippen LogP contribution in [0.1, 0.15) is 68.7 Å². The van der Waals surface area contributed by atoms with Gasteiger partial charge in [0.15, 0.2) is 0 Å². The second-order valence-electron chi connectivity index (χ2n) is 9.02. The first-order chi connectivity index (χ1) is 8.18. The average molecular weight is 651 g/mol. The molecule has 0 aromatic heterocycles. The second-order valence-corrected chi connectivity index (χ2v) is 10.4. The zero-order valence-corrected chi connectivity index (χ0v) is 22.1. The molecule has 0 bridgehead atoms. The van der Waals surface area contributed by atoms with Crippen molar-refractivity contribution in [1.29, 1.82) is 0 Å². The molecule has 2 atom stereocenters. The van der Waals surface area contributed by atoms with Gasteiger partial charge in [-0.3, -0.25) is 0 Å². The minimum Gasteiger partial charge on any atom is -0.344 e. The second kappa shape index (κ2) is 10.6. The molecule has 0 N–H and O–H groups in total. The first-order valence-electron chi connectivity index (χ1n) is 7.39. The molecular weight excluding hydrogens is 616 g/mol. The summed E-state index contributed by atoms with van der Waals surface area (Å²) >= 11 is 2.13. The zero-order chi connectivity index (χ0) is 15.5. The zero-order valence-electron chi connectivity index (χ0n) is 15.4. The van der Waals surface area contributed by atoms with Gasteiger partial charge in [-0.25, -0.2) is 17.0 Å². The largest absolute Gasteiger partial charge is 2.00 e. The molecule has 1 aliphatic rings. The van der Waals surface area contributed by atoms with Gasteiger partial charge >= 0.3 is 21.1 Å². The van der Waals surface area contributed by atoms with Crippen molar-refractivity contribution in [2.45, 2.75) is 79.2 Å². The van der Waals surface area contributed by atoms with Crippen LogP contribution in [0.2, 0.25) is 0 Å². The van der Waals surface area contributed by atoms with E-state index in [1.165, 1.54) is 6.42 Å². The summed E-state index contributed by atoms with van der Waals surface area (Å²) in [5, 5.41) is 1.46. The van der Waals surface area contributed by atoms with Crippen LogP contribution < -0.4 is 0 Å². The third-order valence-corrected chi connectivity index (χ3v) is 4.40. The summed E-state index contributed by atoms with van der Waals surface area (Å²) in [6.07, 6.45) is 6.22. The summed E-state index contributed by atoms with van der Waals surface area (Å²) in [5.74, 6) is 0. The van der Waals surface area contributed by atoms with Crippen molar-refractivity contribution in [2.75, 3.05) is 0 Å². The van der Waals surface area contributed by atoms with Crippen LogP contribution in [0.25, 0.3) is 0 Å². The SMILES string of the molecule is CC(C)(C)[CH-]C1[CH-]CC(C(C)(C)C)S1.[CH2-]C(C)(C)C.[W+2].[W]. The van der Waals surface area contributed by atoms with Crippen LogP contribution in [0.3, 0.4) is 0 Å². The van der Waals surface area contributed by atoms with Gasteiger partial charge in [-0.05, 0) is 10.7 Å². The molecule has 0 nitrogen and oxygen atoms in total. The Kier molecular flexibility index (Phi) is 13.9. The maximum absolute atomic E-state index is 3.77. The smallest absolute Gasteiger partial charge is 0.344 e. The molecule has 1 saturated heterocycles. The monoisotopic (exact) mass is 651 g/mol. The van der Waals surface area contributed by atoms with Gasteiger partial charge in [-0.15, -0.1) is 0 Å². The van der Waals surface area contributed by atoms with Gasteiger partial charge in [0.1, 0.15) is 0 Å². The molecular formula is C18H35SW2-. The topological polar surface area (TPSA) is 0 Å². The third kappa shape index (κ3) is 17.9. The standard InChI is InChI=1S/C13H24S.C5H11.2W/c1-12(2,3)9-10-7-8-11(14-10)13(4,5)6;1-5(2,3)4;;/h7,9-11H,8H2,1-6H3;1H2,2-4H3;;/q-2;-1;;+2. The van der Waals surface area contributed by atoms with Crippen molar-refractivity contribution in [3.8, 4) is 0 Å². The van der Waals surface area contributed by atoms with Crippen LogP contribution in [0.4, 0.5) is 0 Å². The Hall–Kier alpha value is 1.73. The van der Waals surface area contributed by atoms with Crippen molar-refractivity contribution in [3.63, 3.8) is 0 Å². The molecule has 0 aliphatic carbocycles. The Morgan fingerprint density at radius 3 is 1.62 bits per heavy atom. The Morgan fingerprint density at radius 2 is 1.38 bits per heavy atom. The number of hydrogen-bond acceptors (Lipinski definition) is 1. The average Bonchev–Trinajstić information content (AvgIpc) is 2.44. The van der Waals surface area contributed by atoms with E-state index in [9.17, 15) is 0 Å². The molecule has 0 saturated carbocycles. The Morgan fingerprint density at radius 1 is 1.00 bits per heavy atom. The number of rotatable bonds is 1. The molecule has 0 aromatic carbocycles. The molecule has 21 heavy (non-hydrogen) atoms. The van der Waals surface area contributed by atoms with Gasteiger partial charge < -0.3 is 19.8 Å². The van der Waals surface area contributed by atoms with Crippen molar-refractivity contribution in [2.24, 2.45) is 16.2 Å². The summed E-state index contributed by atoms with van der Waals surface area (Å²) in [6, 6.07) is 0. The van der Waals surface area contributed by atoms with Crippen molar-refractivity contribution < 1.29 is 42.1 Å². The van der Waals surface area contributed by atoms with E-state index < -0.39 is 0 Å². The Labute approximate surface area is 168 Å². The molecule has 126 valence electrons. The Bertz CT molecular complexity index is 250. The molecule has 1 fully saturated rings. The van der Waals surface area contributed by atoms with Gasteiger partial charge in [0, 0.05) is 21.1 Å². The summed E-state index contributed by atoms with van der Waals surface area (Å²) in [4.78, 5) is 0. The van der Waals surface area contributed by atoms with Crippen LogP contribution >= 0.6 is 11.8 Å². The third-order valence-electron chi connectivity index (χ3n) is 2.53. The van der Waals surface area contributed by atoms with Crippen LogP contribution in [0.15, 0.2) is 0 Å². The fourth-order valence-corrected chi connectivity index (χ4v) is 3.44. The minimum atomic E-state index is 0. The quantitative estimate of drug-likeness (QED) is 0.304. The van der Waals surface area contributed by atoms with Gasteiger partial charge in [0.05, 0.1) is 0 Å². The van der Waals surface area contributed by atoms with E-state index in [1.54, 1.807) is 0 Å². The van der Waals surface area contributed by atoms with Crippen molar-refractivity contribution in [3.05, 3.63) is 19.8 Å². The first kappa shape index (κ1) is 27.6. The molecule has 0 radical (unpaired) electrons. The van der Waals surface area contributed by atoms with Crippen molar-refractivity contribution >= 4 is 11.8 Å². The van der Waals surface area contributed by atoms with Crippen LogP contribution in [-0.4, -0.2) is 10.5 Å². The van der Waals surface area contributed by atoms with E-state index in [2.05, 4.69) is 93.8 Å². The molecule has 1 rings (SSSR count). The number of thioether (sulfide) groups is 1. The molecule has 1 aliphatic heterocycles. The number of hydrogen-bond donors (Lipinski definition) is 0. The van der Waals surface area contributed by atoms with Gasteiger partial charge in [0.25, 0.3) is 0 Å². The Balaban J connectivity index is -0.000000405. The van der Waals surface area contributed by atoms with Gasteiger partial charge in [-0.1, -0.05) is 62.3 Å². The first-order valence-corrected chi connectivity index (χ1v) is 8.33. The van der Waals surface area contributed by atoms with Gasteiger partial charge in [0.2, 0.25) is 0 Å². The predicted octanol–water partition coefficient (Wildman–Crippen LogP) is 6.22. The van der Waals surface area contributed by atoms with Crippen LogP contribution in [0, 0.1) is 36.0 Å². The summed E-state index contributed by atoms with van der Waals surface area (Å²) in [5.41, 5.74) is 1.04. The van der Waals surface area contributed by atoms with E-state index in [4.69, 9.17) is 0 Å². The normalized spacial score (nSPS) is 22.6. The summed E-state index contributed by atoms with van der Waals surface area (Å²) in [6.45, 7) is 23.9. The van der Waals surface area contributed by atoms with E-state index in [1.807, 2.05) is 0 Å². The minimum absolute atomic E-state index is 0. The maximum atomic E-state index is 3.77. The van der Waals surface area contributed by atoms with E-state index in [-0.39, 0.29) is 47.5 Å². The van der Waals surface area contributed by atoms with Gasteiger partial charge in [-0.2, -0.15) is 17.3 Å². The molecule has 2 unspecified atom stereocenters.